The van der Waals surface area contributed by atoms with Gasteiger partial charge in [0, 0.05) is 12.5 Å². The van der Waals surface area contributed by atoms with Crippen molar-refractivity contribution in [2.24, 2.45) is 0 Å². The number of benzene rings is 1. The molecule has 2 rings (SSSR count). The molecule has 1 aromatic heterocycles. The highest BCUT2D eigenvalue weighted by molar-refractivity contribution is 5.76. The number of aromatic nitrogens is 2. The van der Waals surface area contributed by atoms with Crippen LogP contribution in [0, 0.1) is 0 Å². The van der Waals surface area contributed by atoms with Gasteiger partial charge in [-0.05, 0) is 26.0 Å². The molecule has 0 bridgehead atoms. The fraction of sp³-hybridized carbons (Fsp3) is 0.462. The number of halogens is 3. The Kier molecular flexibility index (Phi) is 3.54. The highest BCUT2D eigenvalue weighted by Gasteiger charge is 2.39. The molecule has 0 amide bonds. The summed E-state index contributed by atoms with van der Waals surface area (Å²) >= 11 is 0. The summed E-state index contributed by atoms with van der Waals surface area (Å²) in [6.45, 7) is 3.75. The fourth-order valence-corrected chi connectivity index (χ4v) is 2.10. The van der Waals surface area contributed by atoms with Gasteiger partial charge in [0.1, 0.15) is 5.82 Å². The standard InChI is InChI=1S/C13H15F3N2O/c1-8(2)18-10-6-4-3-5-9(10)17-12(18)7-11(19)13(14,15)16/h3-6,8,11,19H,7H2,1-2H3. The lowest BCUT2D eigenvalue weighted by Crippen LogP contribution is -2.31. The summed E-state index contributed by atoms with van der Waals surface area (Å²) in [5.41, 5.74) is 1.42. The van der Waals surface area contributed by atoms with Crippen LogP contribution in [-0.2, 0) is 6.42 Å². The molecule has 1 N–H and O–H groups in total. The minimum atomic E-state index is -4.63. The number of alkyl halides is 3. The van der Waals surface area contributed by atoms with Crippen LogP contribution in [0.25, 0.3) is 11.0 Å². The molecule has 0 aliphatic rings. The SMILES string of the molecule is CC(C)n1c(CC(O)C(F)(F)F)nc2ccccc21. The molecular weight excluding hydrogens is 257 g/mol. The number of para-hydroxylation sites is 2. The maximum Gasteiger partial charge on any atom is 0.414 e. The summed E-state index contributed by atoms with van der Waals surface area (Å²) in [6, 6.07) is 7.13. The van der Waals surface area contributed by atoms with Crippen LogP contribution in [0.15, 0.2) is 24.3 Å². The summed E-state index contributed by atoms with van der Waals surface area (Å²) < 4.78 is 39.0. The quantitative estimate of drug-likeness (QED) is 0.932. The maximum atomic E-state index is 12.4. The van der Waals surface area contributed by atoms with Gasteiger partial charge in [-0.25, -0.2) is 4.98 Å². The predicted octanol–water partition coefficient (Wildman–Crippen LogP) is 3.08. The largest absolute Gasteiger partial charge is 0.414 e. The van der Waals surface area contributed by atoms with Gasteiger partial charge >= 0.3 is 6.18 Å². The van der Waals surface area contributed by atoms with Crippen molar-refractivity contribution in [2.75, 3.05) is 0 Å². The molecule has 1 heterocycles. The molecule has 0 aliphatic carbocycles. The van der Waals surface area contributed by atoms with Gasteiger partial charge in [0.2, 0.25) is 0 Å². The average Bonchev–Trinajstić information content (AvgIpc) is 2.65. The Balaban J connectivity index is 2.45. The number of aliphatic hydroxyl groups excluding tert-OH is 1. The Hall–Kier alpha value is -1.56. The van der Waals surface area contributed by atoms with Gasteiger partial charge in [0.25, 0.3) is 0 Å². The van der Waals surface area contributed by atoms with Gasteiger partial charge in [-0.2, -0.15) is 13.2 Å². The van der Waals surface area contributed by atoms with E-state index in [2.05, 4.69) is 4.98 Å². The molecule has 3 nitrogen and oxygen atoms in total. The summed E-state index contributed by atoms with van der Waals surface area (Å²) in [6.07, 6.45) is -7.54. The number of hydrogen-bond donors (Lipinski definition) is 1. The molecule has 104 valence electrons. The van der Waals surface area contributed by atoms with Crippen molar-refractivity contribution in [2.45, 2.75) is 38.6 Å². The first kappa shape index (κ1) is 13.9. The van der Waals surface area contributed by atoms with Crippen LogP contribution in [0.2, 0.25) is 0 Å². The van der Waals surface area contributed by atoms with Gasteiger partial charge in [-0.3, -0.25) is 0 Å². The number of hydrogen-bond acceptors (Lipinski definition) is 2. The van der Waals surface area contributed by atoms with E-state index in [0.717, 1.165) is 5.52 Å². The van der Waals surface area contributed by atoms with Crippen LogP contribution in [0.3, 0.4) is 0 Å². The third kappa shape index (κ3) is 2.73. The van der Waals surface area contributed by atoms with Crippen molar-refractivity contribution in [3.63, 3.8) is 0 Å². The molecule has 19 heavy (non-hydrogen) atoms. The van der Waals surface area contributed by atoms with E-state index in [1.165, 1.54) is 0 Å². The number of rotatable bonds is 3. The van der Waals surface area contributed by atoms with Crippen molar-refractivity contribution in [3.8, 4) is 0 Å². The molecule has 1 atom stereocenters. The average molecular weight is 272 g/mol. The van der Waals surface area contributed by atoms with Gasteiger partial charge in [-0.1, -0.05) is 12.1 Å². The highest BCUT2D eigenvalue weighted by Crippen LogP contribution is 2.26. The number of fused-ring (bicyclic) bond motifs is 1. The second kappa shape index (κ2) is 4.85. The summed E-state index contributed by atoms with van der Waals surface area (Å²) in [5.74, 6) is 0.251. The number of aliphatic hydroxyl groups is 1. The highest BCUT2D eigenvalue weighted by atomic mass is 19.4. The van der Waals surface area contributed by atoms with Crippen molar-refractivity contribution in [1.82, 2.24) is 9.55 Å². The van der Waals surface area contributed by atoms with Gasteiger partial charge in [0.15, 0.2) is 6.10 Å². The van der Waals surface area contributed by atoms with Gasteiger partial charge in [-0.15, -0.1) is 0 Å². The number of nitrogens with zero attached hydrogens (tertiary/aromatic N) is 2. The van der Waals surface area contributed by atoms with E-state index in [-0.39, 0.29) is 11.9 Å². The second-order valence-corrected chi connectivity index (χ2v) is 4.74. The van der Waals surface area contributed by atoms with Gasteiger partial charge < -0.3 is 9.67 Å². The Morgan fingerprint density at radius 2 is 1.89 bits per heavy atom. The van der Waals surface area contributed by atoms with E-state index in [9.17, 15) is 18.3 Å². The maximum absolute atomic E-state index is 12.4. The molecule has 1 aromatic carbocycles. The fourth-order valence-electron chi connectivity index (χ4n) is 2.10. The molecule has 0 saturated heterocycles. The van der Waals surface area contributed by atoms with E-state index >= 15 is 0 Å². The Labute approximate surface area is 108 Å². The Morgan fingerprint density at radius 1 is 1.26 bits per heavy atom. The molecule has 0 aliphatic heterocycles. The minimum absolute atomic E-state index is 0.0252. The van der Waals surface area contributed by atoms with E-state index in [1.54, 1.807) is 16.7 Å². The zero-order valence-corrected chi connectivity index (χ0v) is 10.6. The monoisotopic (exact) mass is 272 g/mol. The van der Waals surface area contributed by atoms with Crippen molar-refractivity contribution < 1.29 is 18.3 Å². The molecule has 0 spiro atoms. The topological polar surface area (TPSA) is 38.0 Å². The lowest BCUT2D eigenvalue weighted by Gasteiger charge is -2.17. The first-order chi connectivity index (χ1) is 8.80. The first-order valence-corrected chi connectivity index (χ1v) is 6.01. The van der Waals surface area contributed by atoms with Crippen LogP contribution in [-0.4, -0.2) is 26.9 Å². The summed E-state index contributed by atoms with van der Waals surface area (Å²) in [7, 11) is 0. The van der Waals surface area contributed by atoms with E-state index < -0.39 is 18.7 Å². The lowest BCUT2D eigenvalue weighted by molar-refractivity contribution is -0.203. The van der Waals surface area contributed by atoms with Crippen LogP contribution < -0.4 is 0 Å². The van der Waals surface area contributed by atoms with E-state index in [1.807, 2.05) is 26.0 Å². The predicted molar refractivity (Wildman–Crippen MR) is 65.9 cm³/mol. The van der Waals surface area contributed by atoms with Crippen molar-refractivity contribution in [3.05, 3.63) is 30.1 Å². The van der Waals surface area contributed by atoms with Crippen LogP contribution in [0.5, 0.6) is 0 Å². The smallest absolute Gasteiger partial charge is 0.383 e. The zero-order chi connectivity index (χ0) is 14.2. The van der Waals surface area contributed by atoms with Crippen molar-refractivity contribution in [1.29, 1.82) is 0 Å². The van der Waals surface area contributed by atoms with Gasteiger partial charge in [0.05, 0.1) is 11.0 Å². The van der Waals surface area contributed by atoms with Crippen molar-refractivity contribution >= 4 is 11.0 Å². The molecule has 0 saturated carbocycles. The molecule has 0 fully saturated rings. The Bertz CT molecular complexity index is 575. The lowest BCUT2D eigenvalue weighted by atomic mass is 10.2. The summed E-state index contributed by atoms with van der Waals surface area (Å²) in [4.78, 5) is 4.19. The molecule has 0 radical (unpaired) electrons. The van der Waals surface area contributed by atoms with Crippen LogP contribution >= 0.6 is 0 Å². The molecule has 2 aromatic rings. The molecule has 6 heteroatoms. The van der Waals surface area contributed by atoms with Crippen LogP contribution in [0.4, 0.5) is 13.2 Å². The molecule has 1 unspecified atom stereocenters. The Morgan fingerprint density at radius 3 is 2.47 bits per heavy atom. The minimum Gasteiger partial charge on any atom is -0.383 e. The normalized spacial score (nSPS) is 14.3. The van der Waals surface area contributed by atoms with Crippen LogP contribution in [0.1, 0.15) is 25.7 Å². The van der Waals surface area contributed by atoms with E-state index in [4.69, 9.17) is 0 Å². The summed E-state index contributed by atoms with van der Waals surface area (Å²) in [5, 5.41) is 9.19. The zero-order valence-electron chi connectivity index (χ0n) is 10.6. The second-order valence-electron chi connectivity index (χ2n) is 4.74. The van der Waals surface area contributed by atoms with E-state index in [0.29, 0.717) is 5.52 Å². The third-order valence-electron chi connectivity index (χ3n) is 2.94. The third-order valence-corrected chi connectivity index (χ3v) is 2.94. The molecular formula is C13H15F3N2O. The first-order valence-electron chi connectivity index (χ1n) is 6.01. The number of imidazole rings is 1.